The van der Waals surface area contributed by atoms with E-state index in [9.17, 15) is 0 Å². The zero-order valence-electron chi connectivity index (χ0n) is 16.2. The predicted octanol–water partition coefficient (Wildman–Crippen LogP) is 3.70. The normalized spacial score (nSPS) is 15.1. The van der Waals surface area contributed by atoms with E-state index in [1.54, 1.807) is 7.11 Å². The second kappa shape index (κ2) is 6.15. The Bertz CT molecular complexity index is 1160. The molecule has 1 saturated carbocycles. The summed E-state index contributed by atoms with van der Waals surface area (Å²) in [7, 11) is 1.72. The van der Waals surface area contributed by atoms with Crippen LogP contribution in [0.4, 0.5) is 0 Å². The average Bonchev–Trinajstić information content (AvgIpc) is 3.10. The summed E-state index contributed by atoms with van der Waals surface area (Å²) < 4.78 is 5.52. The quantitative estimate of drug-likeness (QED) is 0.556. The van der Waals surface area contributed by atoms with E-state index in [0.29, 0.717) is 5.82 Å². The summed E-state index contributed by atoms with van der Waals surface area (Å²) >= 11 is 0. The number of aryl methyl sites for hydroxylation is 1. The van der Waals surface area contributed by atoms with Gasteiger partial charge >= 0.3 is 0 Å². The minimum absolute atomic E-state index is 0.223. The molecular weight excluding hydrogens is 352 g/mol. The first-order chi connectivity index (χ1) is 13.6. The third-order valence-electron chi connectivity index (χ3n) is 5.76. The van der Waals surface area contributed by atoms with Gasteiger partial charge in [0.2, 0.25) is 5.82 Å². The summed E-state index contributed by atoms with van der Waals surface area (Å²) in [5, 5.41) is 15.4. The predicted molar refractivity (Wildman–Crippen MR) is 106 cm³/mol. The number of tetrazole rings is 1. The number of aromatic nitrogens is 6. The first-order valence-electron chi connectivity index (χ1n) is 9.47. The van der Waals surface area contributed by atoms with Crippen molar-refractivity contribution in [1.29, 1.82) is 0 Å². The lowest BCUT2D eigenvalue weighted by molar-refractivity contribution is 0.412. The Morgan fingerprint density at radius 1 is 1.21 bits per heavy atom. The molecule has 0 bridgehead atoms. The third-order valence-corrected chi connectivity index (χ3v) is 5.76. The molecule has 1 aliphatic carbocycles. The van der Waals surface area contributed by atoms with Crippen molar-refractivity contribution in [2.75, 3.05) is 7.11 Å². The topological polar surface area (TPSA) is 92.4 Å². The van der Waals surface area contributed by atoms with Gasteiger partial charge in [0.05, 0.1) is 7.11 Å². The number of methoxy groups -OCH3 is 1. The molecule has 1 aromatic carbocycles. The Kier molecular flexibility index (Phi) is 3.72. The first kappa shape index (κ1) is 16.9. The van der Waals surface area contributed by atoms with E-state index in [1.165, 1.54) is 29.5 Å². The molecule has 3 aromatic heterocycles. The fraction of sp³-hybridized carbons (Fsp3) is 0.333. The van der Waals surface area contributed by atoms with Gasteiger partial charge < -0.3 is 9.72 Å². The van der Waals surface area contributed by atoms with E-state index in [0.717, 1.165) is 34.6 Å². The monoisotopic (exact) mass is 374 g/mol. The highest BCUT2D eigenvalue weighted by Gasteiger charge is 2.42. The fourth-order valence-electron chi connectivity index (χ4n) is 3.90. The van der Waals surface area contributed by atoms with Crippen molar-refractivity contribution in [3.63, 3.8) is 0 Å². The van der Waals surface area contributed by atoms with Crippen LogP contribution in [-0.2, 0) is 11.8 Å². The molecule has 0 aliphatic heterocycles. The van der Waals surface area contributed by atoms with Gasteiger partial charge in [0, 0.05) is 40.2 Å². The van der Waals surface area contributed by atoms with Crippen LogP contribution in [0.1, 0.15) is 42.3 Å². The van der Waals surface area contributed by atoms with Crippen molar-refractivity contribution in [3.05, 3.63) is 52.8 Å². The standard InChI is InChI=1S/C21H22N6O/c1-12-9-14-15(10-13-5-4-6-16(22-13)20-24-26-27-25-20)19(21(2)7-8-21)23-17(14)11-18(12)28-3/h4-6,9,11,23H,7-8,10H2,1-3H3,(H,24,25,26,27). The van der Waals surface area contributed by atoms with E-state index in [4.69, 9.17) is 9.72 Å². The molecule has 28 heavy (non-hydrogen) atoms. The number of hydrogen-bond acceptors (Lipinski definition) is 5. The Hall–Kier alpha value is -3.22. The fourth-order valence-corrected chi connectivity index (χ4v) is 3.90. The highest BCUT2D eigenvalue weighted by atomic mass is 16.5. The first-order valence-corrected chi connectivity index (χ1v) is 9.47. The van der Waals surface area contributed by atoms with Crippen molar-refractivity contribution in [2.24, 2.45) is 0 Å². The highest BCUT2D eigenvalue weighted by molar-refractivity contribution is 5.88. The molecule has 4 aromatic rings. The van der Waals surface area contributed by atoms with Crippen LogP contribution in [0.2, 0.25) is 0 Å². The van der Waals surface area contributed by atoms with E-state index >= 15 is 0 Å². The van der Waals surface area contributed by atoms with E-state index < -0.39 is 0 Å². The lowest BCUT2D eigenvalue weighted by Crippen LogP contribution is -2.05. The SMILES string of the molecule is COc1cc2[nH]c(C3(C)CC3)c(Cc3cccc(-c4nn[nH]n4)n3)c2cc1C. The van der Waals surface area contributed by atoms with Crippen molar-refractivity contribution >= 4 is 10.9 Å². The molecular formula is C21H22N6O. The number of rotatable bonds is 5. The van der Waals surface area contributed by atoms with E-state index in [1.807, 2.05) is 12.1 Å². The number of ether oxygens (including phenoxy) is 1. The number of pyridine rings is 1. The van der Waals surface area contributed by atoms with Crippen LogP contribution in [0.15, 0.2) is 30.3 Å². The maximum atomic E-state index is 5.52. The van der Waals surface area contributed by atoms with Crippen LogP contribution < -0.4 is 4.74 Å². The van der Waals surface area contributed by atoms with Gasteiger partial charge in [-0.15, -0.1) is 10.2 Å². The van der Waals surface area contributed by atoms with Crippen molar-refractivity contribution < 1.29 is 4.74 Å². The summed E-state index contributed by atoms with van der Waals surface area (Å²) in [6.45, 7) is 4.41. The lowest BCUT2D eigenvalue weighted by atomic mass is 9.95. The van der Waals surface area contributed by atoms with Gasteiger partial charge in [-0.25, -0.2) is 4.98 Å². The van der Waals surface area contributed by atoms with E-state index in [2.05, 4.69) is 57.7 Å². The summed E-state index contributed by atoms with van der Waals surface area (Å²) in [6.07, 6.45) is 3.17. The molecule has 7 nitrogen and oxygen atoms in total. The Morgan fingerprint density at radius 3 is 2.79 bits per heavy atom. The molecule has 1 aliphatic rings. The van der Waals surface area contributed by atoms with Crippen LogP contribution in [0, 0.1) is 6.92 Å². The number of nitrogens with zero attached hydrogens (tertiary/aromatic N) is 4. The van der Waals surface area contributed by atoms with Crippen molar-refractivity contribution in [2.45, 2.75) is 38.5 Å². The summed E-state index contributed by atoms with van der Waals surface area (Å²) in [6, 6.07) is 10.3. The molecule has 1 fully saturated rings. The Balaban J connectivity index is 1.62. The number of aromatic amines is 2. The lowest BCUT2D eigenvalue weighted by Gasteiger charge is -2.11. The smallest absolute Gasteiger partial charge is 0.222 e. The molecule has 7 heteroatoms. The van der Waals surface area contributed by atoms with Gasteiger partial charge in [-0.05, 0) is 54.3 Å². The van der Waals surface area contributed by atoms with Gasteiger partial charge in [-0.1, -0.05) is 13.0 Å². The molecule has 2 N–H and O–H groups in total. The van der Waals surface area contributed by atoms with Gasteiger partial charge in [0.1, 0.15) is 11.4 Å². The van der Waals surface area contributed by atoms with E-state index in [-0.39, 0.29) is 5.41 Å². The highest BCUT2D eigenvalue weighted by Crippen LogP contribution is 2.50. The minimum atomic E-state index is 0.223. The van der Waals surface area contributed by atoms with Crippen LogP contribution >= 0.6 is 0 Å². The molecule has 0 radical (unpaired) electrons. The largest absolute Gasteiger partial charge is 0.496 e. The number of nitrogens with one attached hydrogen (secondary N) is 2. The maximum absolute atomic E-state index is 5.52. The molecule has 3 heterocycles. The molecule has 0 saturated heterocycles. The van der Waals surface area contributed by atoms with Crippen LogP contribution in [0.5, 0.6) is 5.75 Å². The molecule has 0 spiro atoms. The number of fused-ring (bicyclic) bond motifs is 1. The number of benzene rings is 1. The number of H-pyrrole nitrogens is 2. The zero-order chi connectivity index (χ0) is 19.3. The van der Waals surface area contributed by atoms with Crippen LogP contribution in [0.3, 0.4) is 0 Å². The van der Waals surface area contributed by atoms with Gasteiger partial charge in [0.15, 0.2) is 0 Å². The maximum Gasteiger partial charge on any atom is 0.222 e. The molecule has 142 valence electrons. The molecule has 5 rings (SSSR count). The third kappa shape index (κ3) is 2.74. The Morgan fingerprint density at radius 2 is 2.07 bits per heavy atom. The second-order valence-corrected chi connectivity index (χ2v) is 7.83. The van der Waals surface area contributed by atoms with Gasteiger partial charge in [-0.3, -0.25) is 0 Å². The summed E-state index contributed by atoms with van der Waals surface area (Å²) in [5.74, 6) is 1.42. The zero-order valence-corrected chi connectivity index (χ0v) is 16.2. The van der Waals surface area contributed by atoms with Crippen LogP contribution in [0.25, 0.3) is 22.4 Å². The Labute approximate surface area is 162 Å². The second-order valence-electron chi connectivity index (χ2n) is 7.83. The molecule has 0 amide bonds. The summed E-state index contributed by atoms with van der Waals surface area (Å²) in [4.78, 5) is 8.46. The molecule has 0 unspecified atom stereocenters. The summed E-state index contributed by atoms with van der Waals surface area (Å²) in [5.41, 5.74) is 6.83. The average molecular weight is 374 g/mol. The minimum Gasteiger partial charge on any atom is -0.496 e. The van der Waals surface area contributed by atoms with Gasteiger partial charge in [0.25, 0.3) is 0 Å². The molecule has 0 atom stereocenters. The van der Waals surface area contributed by atoms with Crippen LogP contribution in [-0.4, -0.2) is 37.7 Å². The number of hydrogen-bond donors (Lipinski definition) is 2. The van der Waals surface area contributed by atoms with Gasteiger partial charge in [-0.2, -0.15) is 5.21 Å². The van der Waals surface area contributed by atoms with Crippen molar-refractivity contribution in [1.82, 2.24) is 30.6 Å². The van der Waals surface area contributed by atoms with Crippen molar-refractivity contribution in [3.8, 4) is 17.3 Å².